The van der Waals surface area contributed by atoms with Crippen LogP contribution in [0, 0.1) is 0 Å². The molecule has 12 heavy (non-hydrogen) atoms. The molecule has 0 saturated heterocycles. The quantitative estimate of drug-likeness (QED) is 0.633. The zero-order valence-corrected chi connectivity index (χ0v) is 10.7. The predicted molar refractivity (Wildman–Crippen MR) is 62.7 cm³/mol. The summed E-state index contributed by atoms with van der Waals surface area (Å²) in [5, 5.41) is 1.68. The van der Waals surface area contributed by atoms with Gasteiger partial charge >= 0.3 is 0 Å². The molecule has 0 aliphatic rings. The van der Waals surface area contributed by atoms with Gasteiger partial charge in [0.05, 0.1) is 0 Å². The molecule has 0 heterocycles. The molecule has 0 amide bonds. The van der Waals surface area contributed by atoms with Gasteiger partial charge in [-0.05, 0) is 0 Å². The van der Waals surface area contributed by atoms with Crippen molar-refractivity contribution in [2.45, 2.75) is 25.9 Å². The van der Waals surface area contributed by atoms with Gasteiger partial charge in [-0.15, -0.1) is 0 Å². The molecule has 0 bridgehead atoms. The molecular formula is C10H18Si2. The summed E-state index contributed by atoms with van der Waals surface area (Å²) in [7, 11) is -0.138. The average molecular weight is 194 g/mol. The minimum Gasteiger partial charge on any atom is -0.0698 e. The van der Waals surface area contributed by atoms with E-state index in [0.29, 0.717) is 0 Å². The lowest BCUT2D eigenvalue weighted by molar-refractivity contribution is 1.35. The number of rotatable bonds is 4. The van der Waals surface area contributed by atoms with Gasteiger partial charge < -0.3 is 0 Å². The summed E-state index contributed by atoms with van der Waals surface area (Å²) in [5.74, 6) is 0. The maximum absolute atomic E-state index is 2.37. The lowest BCUT2D eigenvalue weighted by Gasteiger charge is -2.08. The minimum atomic E-state index is -0.280. The molecule has 0 aliphatic heterocycles. The Morgan fingerprint density at radius 2 is 1.67 bits per heavy atom. The SMILES string of the molecule is CC[SiH](CC)[SiH2]c1ccccc1. The molecule has 0 aliphatic carbocycles. The first kappa shape index (κ1) is 9.74. The van der Waals surface area contributed by atoms with E-state index in [1.165, 1.54) is 12.1 Å². The minimum absolute atomic E-state index is 0.141. The van der Waals surface area contributed by atoms with Gasteiger partial charge in [-0.1, -0.05) is 61.5 Å². The molecule has 0 N–H and O–H groups in total. The lowest BCUT2D eigenvalue weighted by Crippen LogP contribution is -2.30. The first-order valence-corrected chi connectivity index (χ1v) is 10.5. The summed E-state index contributed by atoms with van der Waals surface area (Å²) in [6.45, 7) is 4.74. The summed E-state index contributed by atoms with van der Waals surface area (Å²) in [5.41, 5.74) is 0. The van der Waals surface area contributed by atoms with Gasteiger partial charge in [0, 0.05) is 17.4 Å². The number of benzene rings is 1. The molecule has 0 radical (unpaired) electrons. The third kappa shape index (κ3) is 2.95. The second kappa shape index (κ2) is 5.33. The third-order valence-corrected chi connectivity index (χ3v) is 13.0. The van der Waals surface area contributed by atoms with Crippen molar-refractivity contribution >= 4 is 22.5 Å². The fourth-order valence-corrected chi connectivity index (χ4v) is 8.44. The van der Waals surface area contributed by atoms with E-state index in [0.717, 1.165) is 0 Å². The van der Waals surface area contributed by atoms with E-state index in [1.54, 1.807) is 5.19 Å². The molecule has 1 rings (SSSR count). The summed E-state index contributed by atoms with van der Waals surface area (Å²) in [4.78, 5) is 0. The van der Waals surface area contributed by atoms with Gasteiger partial charge in [0.2, 0.25) is 0 Å². The standard InChI is InChI=1S/C10H18Si2/c1-3-12(4-2)11-10-8-6-5-7-9-10/h5-9,12H,3-4,11H2,1-2H3. The van der Waals surface area contributed by atoms with Crippen LogP contribution in [-0.4, -0.2) is 17.4 Å². The molecule has 0 fully saturated rings. The van der Waals surface area contributed by atoms with Crippen LogP contribution in [0.2, 0.25) is 12.1 Å². The molecule has 66 valence electrons. The predicted octanol–water partition coefficient (Wildman–Crippen LogP) is 1.24. The zero-order chi connectivity index (χ0) is 8.81. The maximum Gasteiger partial charge on any atom is 0.0460 e. The van der Waals surface area contributed by atoms with Crippen molar-refractivity contribution in [2.24, 2.45) is 0 Å². The van der Waals surface area contributed by atoms with E-state index in [1.807, 2.05) is 0 Å². The van der Waals surface area contributed by atoms with E-state index < -0.39 is 0 Å². The van der Waals surface area contributed by atoms with Gasteiger partial charge in [0.1, 0.15) is 0 Å². The molecule has 0 atom stereocenters. The van der Waals surface area contributed by atoms with E-state index in [-0.39, 0.29) is 17.4 Å². The first-order valence-electron chi connectivity index (χ1n) is 4.90. The fourth-order valence-electron chi connectivity index (χ4n) is 1.52. The summed E-state index contributed by atoms with van der Waals surface area (Å²) in [6, 6.07) is 14.1. The maximum atomic E-state index is 2.37. The highest BCUT2D eigenvalue weighted by atomic mass is 29.2. The summed E-state index contributed by atoms with van der Waals surface area (Å²) >= 11 is 0. The van der Waals surface area contributed by atoms with Crippen LogP contribution >= 0.6 is 0 Å². The van der Waals surface area contributed by atoms with Gasteiger partial charge in [0.15, 0.2) is 0 Å². The third-order valence-electron chi connectivity index (χ3n) is 2.52. The van der Waals surface area contributed by atoms with Crippen LogP contribution in [0.1, 0.15) is 13.8 Å². The molecule has 0 nitrogen and oxygen atoms in total. The Morgan fingerprint density at radius 1 is 1.08 bits per heavy atom. The topological polar surface area (TPSA) is 0 Å². The Kier molecular flexibility index (Phi) is 4.32. The van der Waals surface area contributed by atoms with E-state index in [4.69, 9.17) is 0 Å². The Balaban J connectivity index is 2.51. The van der Waals surface area contributed by atoms with Crippen LogP contribution in [0.15, 0.2) is 30.3 Å². The second-order valence-electron chi connectivity index (χ2n) is 3.37. The van der Waals surface area contributed by atoms with Crippen molar-refractivity contribution in [3.05, 3.63) is 30.3 Å². The van der Waals surface area contributed by atoms with Crippen molar-refractivity contribution in [3.8, 4) is 0 Å². The smallest absolute Gasteiger partial charge is 0.0460 e. The van der Waals surface area contributed by atoms with Gasteiger partial charge in [-0.25, -0.2) is 0 Å². The Bertz CT molecular complexity index is 204. The van der Waals surface area contributed by atoms with Crippen molar-refractivity contribution in [3.63, 3.8) is 0 Å². The number of hydrogen-bond donors (Lipinski definition) is 0. The molecule has 1 aromatic carbocycles. The average Bonchev–Trinajstić information content (AvgIpc) is 2.16. The van der Waals surface area contributed by atoms with Crippen LogP contribution in [0.4, 0.5) is 0 Å². The highest BCUT2D eigenvalue weighted by Gasteiger charge is 2.06. The van der Waals surface area contributed by atoms with Crippen LogP contribution in [0.3, 0.4) is 0 Å². The fraction of sp³-hybridized carbons (Fsp3) is 0.400. The van der Waals surface area contributed by atoms with Gasteiger partial charge in [0.25, 0.3) is 0 Å². The monoisotopic (exact) mass is 194 g/mol. The Hall–Kier alpha value is -0.346. The molecule has 0 saturated carbocycles. The highest BCUT2D eigenvalue weighted by molar-refractivity contribution is 7.17. The van der Waals surface area contributed by atoms with E-state index in [2.05, 4.69) is 44.2 Å². The van der Waals surface area contributed by atoms with Crippen molar-refractivity contribution < 1.29 is 0 Å². The largest absolute Gasteiger partial charge is 0.0698 e. The molecule has 0 aromatic heterocycles. The van der Waals surface area contributed by atoms with Crippen molar-refractivity contribution in [1.29, 1.82) is 0 Å². The van der Waals surface area contributed by atoms with Crippen LogP contribution in [-0.2, 0) is 0 Å². The lowest BCUT2D eigenvalue weighted by atomic mass is 10.4. The second-order valence-corrected chi connectivity index (χ2v) is 12.7. The van der Waals surface area contributed by atoms with Crippen LogP contribution < -0.4 is 5.19 Å². The van der Waals surface area contributed by atoms with Gasteiger partial charge in [-0.2, -0.15) is 0 Å². The summed E-state index contributed by atoms with van der Waals surface area (Å²) < 4.78 is 0. The molecule has 0 unspecified atom stereocenters. The van der Waals surface area contributed by atoms with Gasteiger partial charge in [-0.3, -0.25) is 0 Å². The molecule has 2 heteroatoms. The Morgan fingerprint density at radius 3 is 2.17 bits per heavy atom. The molecular weight excluding hydrogens is 176 g/mol. The summed E-state index contributed by atoms with van der Waals surface area (Å²) in [6.07, 6.45) is 0. The van der Waals surface area contributed by atoms with Crippen LogP contribution in [0.5, 0.6) is 0 Å². The molecule has 1 aromatic rings. The van der Waals surface area contributed by atoms with E-state index >= 15 is 0 Å². The van der Waals surface area contributed by atoms with Crippen molar-refractivity contribution in [1.82, 2.24) is 0 Å². The van der Waals surface area contributed by atoms with Crippen LogP contribution in [0.25, 0.3) is 0 Å². The first-order chi connectivity index (χ1) is 5.86. The normalized spacial score (nSPS) is 11.6. The highest BCUT2D eigenvalue weighted by Crippen LogP contribution is 1.95. The van der Waals surface area contributed by atoms with Crippen molar-refractivity contribution in [2.75, 3.05) is 0 Å². The number of hydrogen-bond acceptors (Lipinski definition) is 0. The Labute approximate surface area is 79.2 Å². The van der Waals surface area contributed by atoms with E-state index in [9.17, 15) is 0 Å². The molecule has 0 spiro atoms. The zero-order valence-electron chi connectivity index (χ0n) is 8.09.